The number of hydrogen-bond acceptors (Lipinski definition) is 6. The summed E-state index contributed by atoms with van der Waals surface area (Å²) in [7, 11) is 1.61. The van der Waals surface area contributed by atoms with E-state index in [0.717, 1.165) is 5.56 Å². The molecule has 0 radical (unpaired) electrons. The van der Waals surface area contributed by atoms with Crippen LogP contribution in [0.4, 0.5) is 0 Å². The number of ether oxygens (including phenoxy) is 5. The molecule has 27 heavy (non-hydrogen) atoms. The Morgan fingerprint density at radius 3 is 2.93 bits per heavy atom. The van der Waals surface area contributed by atoms with E-state index >= 15 is 0 Å². The first kappa shape index (κ1) is 16.7. The normalized spacial score (nSPS) is 35.5. The second-order valence-corrected chi connectivity index (χ2v) is 7.72. The van der Waals surface area contributed by atoms with Crippen LogP contribution in [0.5, 0.6) is 17.2 Å². The molecular weight excluding hydrogens is 348 g/mol. The van der Waals surface area contributed by atoms with Crippen LogP contribution in [0.25, 0.3) is 0 Å². The smallest absolute Gasteiger partial charge is 0.231 e. The number of fused-ring (bicyclic) bond motifs is 2. The van der Waals surface area contributed by atoms with Crippen molar-refractivity contribution in [3.05, 3.63) is 42.2 Å². The van der Waals surface area contributed by atoms with E-state index < -0.39 is 11.0 Å². The first-order chi connectivity index (χ1) is 13.1. The summed E-state index contributed by atoms with van der Waals surface area (Å²) in [6.45, 7) is 6.40. The van der Waals surface area contributed by atoms with Crippen molar-refractivity contribution in [2.45, 2.75) is 31.3 Å². The Morgan fingerprint density at radius 1 is 1.30 bits per heavy atom. The quantitative estimate of drug-likeness (QED) is 0.758. The van der Waals surface area contributed by atoms with E-state index in [1.165, 1.54) is 0 Å². The van der Waals surface area contributed by atoms with Gasteiger partial charge in [0.2, 0.25) is 12.5 Å². The molecule has 1 saturated heterocycles. The van der Waals surface area contributed by atoms with Crippen molar-refractivity contribution in [1.29, 1.82) is 0 Å². The van der Waals surface area contributed by atoms with Gasteiger partial charge in [-0.25, -0.2) is 0 Å². The van der Waals surface area contributed by atoms with Gasteiger partial charge in [0.1, 0.15) is 11.4 Å². The van der Waals surface area contributed by atoms with Gasteiger partial charge in [-0.3, -0.25) is 4.79 Å². The molecule has 4 aliphatic rings. The second-order valence-electron chi connectivity index (χ2n) is 7.72. The zero-order valence-corrected chi connectivity index (χ0v) is 15.4. The van der Waals surface area contributed by atoms with Gasteiger partial charge in [-0.2, -0.15) is 0 Å². The molecule has 2 fully saturated rings. The van der Waals surface area contributed by atoms with E-state index in [-0.39, 0.29) is 31.2 Å². The van der Waals surface area contributed by atoms with Crippen LogP contribution in [0.2, 0.25) is 0 Å². The Hall–Kier alpha value is -2.47. The Morgan fingerprint density at radius 2 is 2.15 bits per heavy atom. The molecule has 2 bridgehead atoms. The molecule has 0 N–H and O–H groups in total. The molecule has 1 aromatic rings. The lowest BCUT2D eigenvalue weighted by atomic mass is 9.67. The number of carbonyl (C=O) groups is 1. The summed E-state index contributed by atoms with van der Waals surface area (Å²) < 4.78 is 28.4. The van der Waals surface area contributed by atoms with Gasteiger partial charge in [-0.05, 0) is 30.5 Å². The van der Waals surface area contributed by atoms with Gasteiger partial charge in [0.15, 0.2) is 24.1 Å². The molecule has 0 amide bonds. The summed E-state index contributed by atoms with van der Waals surface area (Å²) in [5.41, 5.74) is -0.191. The molecule has 1 aromatic carbocycles. The Bertz CT molecular complexity index is 874. The van der Waals surface area contributed by atoms with Crippen molar-refractivity contribution in [3.8, 4) is 17.2 Å². The molecule has 6 heteroatoms. The molecule has 142 valence electrons. The summed E-state index contributed by atoms with van der Waals surface area (Å²) >= 11 is 0. The van der Waals surface area contributed by atoms with Crippen LogP contribution in [0.15, 0.2) is 36.6 Å². The number of carbonyl (C=O) groups excluding carboxylic acids is 1. The highest BCUT2D eigenvalue weighted by Gasteiger charge is 2.68. The van der Waals surface area contributed by atoms with Crippen LogP contribution < -0.4 is 14.2 Å². The molecule has 0 aromatic heterocycles. The summed E-state index contributed by atoms with van der Waals surface area (Å²) in [4.78, 5) is 13.3. The van der Waals surface area contributed by atoms with Gasteiger partial charge >= 0.3 is 0 Å². The van der Waals surface area contributed by atoms with Gasteiger partial charge in [-0.1, -0.05) is 13.0 Å². The van der Waals surface area contributed by atoms with E-state index in [0.29, 0.717) is 35.8 Å². The third kappa shape index (κ3) is 1.96. The van der Waals surface area contributed by atoms with E-state index in [1.54, 1.807) is 13.2 Å². The molecule has 2 aliphatic heterocycles. The van der Waals surface area contributed by atoms with Crippen molar-refractivity contribution in [2.24, 2.45) is 11.3 Å². The number of allylic oxidation sites excluding steroid dienone is 2. The van der Waals surface area contributed by atoms with Gasteiger partial charge in [0.05, 0.1) is 7.11 Å². The first-order valence-electron chi connectivity index (χ1n) is 9.17. The third-order valence-electron chi connectivity index (χ3n) is 6.66. The van der Waals surface area contributed by atoms with Gasteiger partial charge in [-0.15, -0.1) is 6.58 Å². The molecule has 2 aliphatic carbocycles. The molecule has 2 heterocycles. The lowest BCUT2D eigenvalue weighted by Crippen LogP contribution is -2.39. The minimum absolute atomic E-state index is 0.0442. The van der Waals surface area contributed by atoms with Crippen molar-refractivity contribution >= 4 is 5.78 Å². The van der Waals surface area contributed by atoms with Gasteiger partial charge < -0.3 is 23.7 Å². The van der Waals surface area contributed by atoms with Gasteiger partial charge in [0, 0.05) is 23.3 Å². The fourth-order valence-electron chi connectivity index (χ4n) is 5.53. The fourth-order valence-corrected chi connectivity index (χ4v) is 5.53. The van der Waals surface area contributed by atoms with E-state index in [4.69, 9.17) is 23.7 Å². The lowest BCUT2D eigenvalue weighted by Gasteiger charge is -2.35. The average molecular weight is 370 g/mol. The topological polar surface area (TPSA) is 63.2 Å². The maximum absolute atomic E-state index is 13.3. The number of benzene rings is 1. The maximum Gasteiger partial charge on any atom is 0.231 e. The van der Waals surface area contributed by atoms with Crippen LogP contribution >= 0.6 is 0 Å². The summed E-state index contributed by atoms with van der Waals surface area (Å²) in [6.07, 6.45) is 4.64. The van der Waals surface area contributed by atoms with Crippen molar-refractivity contribution in [3.63, 3.8) is 0 Å². The van der Waals surface area contributed by atoms with Crippen LogP contribution in [-0.4, -0.2) is 32.1 Å². The van der Waals surface area contributed by atoms with Crippen LogP contribution in [0.1, 0.15) is 31.2 Å². The van der Waals surface area contributed by atoms with E-state index in [2.05, 4.69) is 13.5 Å². The first-order valence-corrected chi connectivity index (χ1v) is 9.17. The number of hydrogen-bond donors (Lipinski definition) is 0. The van der Waals surface area contributed by atoms with E-state index in [9.17, 15) is 4.79 Å². The minimum atomic E-state index is -0.614. The fraction of sp³-hybridized carbons (Fsp3) is 0.476. The second kappa shape index (κ2) is 5.52. The minimum Gasteiger partial charge on any atom is -0.493 e. The summed E-state index contributed by atoms with van der Waals surface area (Å²) in [5.74, 6) is 2.57. The maximum atomic E-state index is 13.3. The van der Waals surface area contributed by atoms with E-state index in [1.807, 2.05) is 18.2 Å². The van der Waals surface area contributed by atoms with Crippen LogP contribution in [0, 0.1) is 11.3 Å². The molecule has 4 atom stereocenters. The van der Waals surface area contributed by atoms with Crippen molar-refractivity contribution < 1.29 is 28.5 Å². The molecule has 5 rings (SSSR count). The number of rotatable bonds is 4. The molecule has 1 saturated carbocycles. The monoisotopic (exact) mass is 370 g/mol. The predicted molar refractivity (Wildman–Crippen MR) is 95.7 cm³/mol. The largest absolute Gasteiger partial charge is 0.493 e. The number of ketones is 1. The molecule has 1 spiro atoms. The molecule has 0 unspecified atom stereocenters. The van der Waals surface area contributed by atoms with Crippen LogP contribution in [-0.2, 0) is 14.3 Å². The highest BCUT2D eigenvalue weighted by Crippen LogP contribution is 2.67. The lowest BCUT2D eigenvalue weighted by molar-refractivity contribution is -0.126. The Kier molecular flexibility index (Phi) is 3.41. The number of methoxy groups -OCH3 is 1. The standard InChI is InChI=1S/C21H22O6/c1-4-5-20-9-21(17(8-16(20)22)25-11-27-21)12(2)18(20)13-6-14(23-3)19-15(7-13)24-10-26-19/h4,6-8,12,18H,1,5,9-11H2,2-3H3/t12-,18-,20+,21-/m1/s1. The highest BCUT2D eigenvalue weighted by atomic mass is 16.7. The SMILES string of the molecule is C=CC[C@]12C[C@@]3(OCOC3=CC1=O)[C@H](C)[C@@H]2c1cc(OC)c2c(c1)OCO2. The molecular formula is C21H22O6. The van der Waals surface area contributed by atoms with Crippen molar-refractivity contribution in [2.75, 3.05) is 20.7 Å². The third-order valence-corrected chi connectivity index (χ3v) is 6.66. The molecule has 6 nitrogen and oxygen atoms in total. The van der Waals surface area contributed by atoms with Gasteiger partial charge in [0.25, 0.3) is 0 Å². The Balaban J connectivity index is 1.70. The highest BCUT2D eigenvalue weighted by molar-refractivity contribution is 5.99. The predicted octanol–water partition coefficient (Wildman–Crippen LogP) is 3.32. The summed E-state index contributed by atoms with van der Waals surface area (Å²) in [5, 5.41) is 0. The van der Waals surface area contributed by atoms with Crippen molar-refractivity contribution in [1.82, 2.24) is 0 Å². The zero-order valence-electron chi connectivity index (χ0n) is 15.4. The summed E-state index contributed by atoms with van der Waals surface area (Å²) in [6, 6.07) is 3.93. The zero-order chi connectivity index (χ0) is 18.8. The van der Waals surface area contributed by atoms with Crippen LogP contribution in [0.3, 0.4) is 0 Å². The Labute approximate surface area is 157 Å². The average Bonchev–Trinajstić information content (AvgIpc) is 3.33.